The molecule has 0 spiro atoms. The number of hydrogen-bond acceptors (Lipinski definition) is 6. The van der Waals surface area contributed by atoms with E-state index in [9.17, 15) is 0 Å². The molecule has 1 aliphatic rings. The molecule has 1 N–H and O–H groups in total. The Morgan fingerprint density at radius 2 is 1.80 bits per heavy atom. The van der Waals surface area contributed by atoms with Crippen molar-refractivity contribution in [2.45, 2.75) is 37.4 Å². The third kappa shape index (κ3) is 4.02. The highest BCUT2D eigenvalue weighted by Gasteiger charge is 2.21. The molecule has 2 aromatic heterocycles. The fourth-order valence-electron chi connectivity index (χ4n) is 3.83. The maximum atomic E-state index is 5.91. The first-order chi connectivity index (χ1) is 14.8. The average molecular weight is 434 g/mol. The minimum atomic E-state index is 0.568. The molecule has 0 amide bonds. The number of hydrogen-bond donors (Lipinski definition) is 1. The number of aromatic nitrogens is 2. The second kappa shape index (κ2) is 8.66. The maximum absolute atomic E-state index is 5.91. The Bertz CT molecular complexity index is 1160. The van der Waals surface area contributed by atoms with Gasteiger partial charge in [-0.05, 0) is 67.3 Å². The zero-order valence-electron chi connectivity index (χ0n) is 16.9. The summed E-state index contributed by atoms with van der Waals surface area (Å²) in [5.41, 5.74) is 3.61. The van der Waals surface area contributed by atoms with E-state index in [1.807, 2.05) is 60.1 Å². The summed E-state index contributed by atoms with van der Waals surface area (Å²) in [6.07, 6.45) is 6.83. The molecule has 0 saturated heterocycles. The van der Waals surface area contributed by atoms with Gasteiger partial charge in [0.05, 0.1) is 5.39 Å². The predicted octanol–water partition coefficient (Wildman–Crippen LogP) is 6.61. The minimum Gasteiger partial charge on any atom is -0.489 e. The van der Waals surface area contributed by atoms with Gasteiger partial charge in [-0.15, -0.1) is 11.3 Å². The first-order valence-electron chi connectivity index (χ1n) is 10.2. The van der Waals surface area contributed by atoms with Gasteiger partial charge in [-0.2, -0.15) is 0 Å². The molecule has 0 aliphatic heterocycles. The second-order valence-electron chi connectivity index (χ2n) is 7.37. The SMILES string of the molecule is CSc1nc(Nc2ccc(OCc3ccccc3)cc2)c2c3c(sc2n1)CCCC3. The Labute approximate surface area is 184 Å². The van der Waals surface area contributed by atoms with Crippen molar-refractivity contribution < 1.29 is 4.74 Å². The van der Waals surface area contributed by atoms with E-state index in [1.54, 1.807) is 11.8 Å². The molecule has 6 heteroatoms. The van der Waals surface area contributed by atoms with Crippen molar-refractivity contribution in [3.8, 4) is 5.75 Å². The molecule has 0 unspecified atom stereocenters. The minimum absolute atomic E-state index is 0.568. The molecule has 0 atom stereocenters. The van der Waals surface area contributed by atoms with Crippen LogP contribution in [0.4, 0.5) is 11.5 Å². The predicted molar refractivity (Wildman–Crippen MR) is 126 cm³/mol. The van der Waals surface area contributed by atoms with Crippen LogP contribution in [-0.2, 0) is 19.4 Å². The summed E-state index contributed by atoms with van der Waals surface area (Å²) in [6.45, 7) is 0.568. The molecular weight excluding hydrogens is 410 g/mol. The van der Waals surface area contributed by atoms with Crippen molar-refractivity contribution in [1.29, 1.82) is 0 Å². The summed E-state index contributed by atoms with van der Waals surface area (Å²) < 4.78 is 5.91. The molecule has 4 nitrogen and oxygen atoms in total. The number of thiophene rings is 1. The van der Waals surface area contributed by atoms with Crippen LogP contribution >= 0.6 is 23.1 Å². The number of benzene rings is 2. The third-order valence-corrected chi connectivity index (χ3v) is 7.08. The van der Waals surface area contributed by atoms with Gasteiger partial charge in [0, 0.05) is 10.6 Å². The Kier molecular flexibility index (Phi) is 5.60. The van der Waals surface area contributed by atoms with Gasteiger partial charge in [0.2, 0.25) is 0 Å². The number of anilines is 2. The maximum Gasteiger partial charge on any atom is 0.190 e. The van der Waals surface area contributed by atoms with Gasteiger partial charge in [0.15, 0.2) is 5.16 Å². The van der Waals surface area contributed by atoms with Gasteiger partial charge in [-0.1, -0.05) is 42.1 Å². The van der Waals surface area contributed by atoms with E-state index in [0.29, 0.717) is 6.61 Å². The summed E-state index contributed by atoms with van der Waals surface area (Å²) in [4.78, 5) is 12.2. The van der Waals surface area contributed by atoms with E-state index < -0.39 is 0 Å². The second-order valence-corrected chi connectivity index (χ2v) is 9.23. The highest BCUT2D eigenvalue weighted by Crippen LogP contribution is 2.40. The van der Waals surface area contributed by atoms with Gasteiger partial charge in [0.25, 0.3) is 0 Å². The fraction of sp³-hybridized carbons (Fsp3) is 0.250. The lowest BCUT2D eigenvalue weighted by molar-refractivity contribution is 0.306. The van der Waals surface area contributed by atoms with Crippen molar-refractivity contribution in [2.75, 3.05) is 11.6 Å². The van der Waals surface area contributed by atoms with Crippen molar-refractivity contribution in [3.63, 3.8) is 0 Å². The van der Waals surface area contributed by atoms with Crippen molar-refractivity contribution >= 4 is 44.8 Å². The van der Waals surface area contributed by atoms with Gasteiger partial charge in [-0.3, -0.25) is 0 Å². The quantitative estimate of drug-likeness (QED) is 0.274. The first-order valence-corrected chi connectivity index (χ1v) is 12.2. The van der Waals surface area contributed by atoms with Crippen molar-refractivity contribution in [2.24, 2.45) is 0 Å². The smallest absolute Gasteiger partial charge is 0.190 e. The number of ether oxygens (including phenoxy) is 1. The van der Waals surface area contributed by atoms with Gasteiger partial charge < -0.3 is 10.1 Å². The zero-order valence-corrected chi connectivity index (χ0v) is 18.5. The van der Waals surface area contributed by atoms with Gasteiger partial charge in [-0.25, -0.2) is 9.97 Å². The number of rotatable bonds is 6. The van der Waals surface area contributed by atoms with Crippen LogP contribution in [-0.4, -0.2) is 16.2 Å². The zero-order chi connectivity index (χ0) is 20.3. The van der Waals surface area contributed by atoms with E-state index >= 15 is 0 Å². The Morgan fingerprint density at radius 1 is 1.00 bits per heavy atom. The molecule has 152 valence electrons. The first kappa shape index (κ1) is 19.4. The van der Waals surface area contributed by atoms with E-state index in [1.165, 1.54) is 28.7 Å². The number of nitrogens with zero attached hydrogens (tertiary/aromatic N) is 2. The monoisotopic (exact) mass is 433 g/mol. The Balaban J connectivity index is 1.39. The topological polar surface area (TPSA) is 47.0 Å². The molecule has 0 saturated carbocycles. The van der Waals surface area contributed by atoms with Crippen LogP contribution < -0.4 is 10.1 Å². The molecule has 2 heterocycles. The molecular formula is C24H23N3OS2. The van der Waals surface area contributed by atoms with E-state index in [0.717, 1.165) is 45.6 Å². The number of nitrogens with one attached hydrogen (secondary N) is 1. The summed E-state index contributed by atoms with van der Waals surface area (Å²) in [5.74, 6) is 1.77. The van der Waals surface area contributed by atoms with Crippen LogP contribution in [0.15, 0.2) is 59.8 Å². The Hall–Kier alpha value is -2.57. The summed E-state index contributed by atoms with van der Waals surface area (Å²) in [5, 5.41) is 5.56. The number of aryl methyl sites for hydroxylation is 2. The molecule has 0 radical (unpaired) electrons. The van der Waals surface area contributed by atoms with Crippen LogP contribution in [0.2, 0.25) is 0 Å². The lowest BCUT2D eigenvalue weighted by Gasteiger charge is -2.13. The lowest BCUT2D eigenvalue weighted by Crippen LogP contribution is -2.02. The van der Waals surface area contributed by atoms with E-state index in [2.05, 4.69) is 17.4 Å². The normalized spacial score (nSPS) is 13.2. The number of fused-ring (bicyclic) bond motifs is 3. The van der Waals surface area contributed by atoms with Crippen molar-refractivity contribution in [3.05, 3.63) is 70.6 Å². The van der Waals surface area contributed by atoms with Gasteiger partial charge in [0.1, 0.15) is 23.0 Å². The average Bonchev–Trinajstić information content (AvgIpc) is 3.18. The highest BCUT2D eigenvalue weighted by molar-refractivity contribution is 7.98. The van der Waals surface area contributed by atoms with Crippen LogP contribution in [0.5, 0.6) is 5.75 Å². The van der Waals surface area contributed by atoms with Crippen molar-refractivity contribution in [1.82, 2.24) is 9.97 Å². The third-order valence-electron chi connectivity index (χ3n) is 5.34. The molecule has 30 heavy (non-hydrogen) atoms. The van der Waals surface area contributed by atoms with Crippen LogP contribution in [0.25, 0.3) is 10.2 Å². The van der Waals surface area contributed by atoms with Crippen LogP contribution in [0, 0.1) is 0 Å². The van der Waals surface area contributed by atoms with E-state index in [4.69, 9.17) is 14.7 Å². The number of thioether (sulfide) groups is 1. The van der Waals surface area contributed by atoms with Crippen LogP contribution in [0.3, 0.4) is 0 Å². The lowest BCUT2D eigenvalue weighted by atomic mass is 9.97. The van der Waals surface area contributed by atoms with Gasteiger partial charge >= 0.3 is 0 Å². The molecule has 0 bridgehead atoms. The summed E-state index contributed by atoms with van der Waals surface area (Å²) >= 11 is 3.42. The highest BCUT2D eigenvalue weighted by atomic mass is 32.2. The standard InChI is InChI=1S/C24H23N3OS2/c1-29-24-26-22(21-19-9-5-6-10-20(19)30-23(21)27-24)25-17-11-13-18(14-12-17)28-15-16-7-3-2-4-8-16/h2-4,7-8,11-14H,5-6,9-10,15H2,1H3,(H,25,26,27). The largest absolute Gasteiger partial charge is 0.489 e. The van der Waals surface area contributed by atoms with Crippen LogP contribution in [0.1, 0.15) is 28.8 Å². The Morgan fingerprint density at radius 3 is 2.60 bits per heavy atom. The summed E-state index contributed by atoms with van der Waals surface area (Å²) in [6, 6.07) is 18.3. The van der Waals surface area contributed by atoms with E-state index in [-0.39, 0.29) is 0 Å². The molecule has 4 aromatic rings. The molecule has 0 fully saturated rings. The molecule has 2 aromatic carbocycles. The summed E-state index contributed by atoms with van der Waals surface area (Å²) in [7, 11) is 0. The molecule has 1 aliphatic carbocycles. The fourth-order valence-corrected chi connectivity index (χ4v) is 5.52. The molecule has 5 rings (SSSR count).